The van der Waals surface area contributed by atoms with Crippen LogP contribution < -0.4 is 5.32 Å². The summed E-state index contributed by atoms with van der Waals surface area (Å²) in [5, 5.41) is 12.1. The Morgan fingerprint density at radius 2 is 1.87 bits per heavy atom. The summed E-state index contributed by atoms with van der Waals surface area (Å²) in [6.07, 6.45) is 7.67. The van der Waals surface area contributed by atoms with Crippen molar-refractivity contribution in [2.75, 3.05) is 33.3 Å². The van der Waals surface area contributed by atoms with Crippen molar-refractivity contribution in [1.29, 1.82) is 0 Å². The van der Waals surface area contributed by atoms with Crippen molar-refractivity contribution < 1.29 is 5.11 Å². The van der Waals surface area contributed by atoms with Gasteiger partial charge in [-0.15, -0.1) is 0 Å². The lowest BCUT2D eigenvalue weighted by Gasteiger charge is -2.28. The van der Waals surface area contributed by atoms with Gasteiger partial charge in [0, 0.05) is 19.2 Å². The van der Waals surface area contributed by atoms with Gasteiger partial charge in [-0.05, 0) is 45.8 Å². The van der Waals surface area contributed by atoms with E-state index in [0.717, 1.165) is 25.6 Å². The van der Waals surface area contributed by atoms with E-state index in [2.05, 4.69) is 10.2 Å². The van der Waals surface area contributed by atoms with Gasteiger partial charge in [-0.2, -0.15) is 0 Å². The van der Waals surface area contributed by atoms with Gasteiger partial charge in [-0.1, -0.05) is 12.8 Å². The molecule has 0 aromatic carbocycles. The molecule has 0 amide bonds. The van der Waals surface area contributed by atoms with Crippen LogP contribution in [0, 0.1) is 0 Å². The summed E-state index contributed by atoms with van der Waals surface area (Å²) < 4.78 is 0. The molecule has 0 aliphatic heterocycles. The average molecular weight is 214 g/mol. The molecular formula is C12H26N2O. The molecule has 1 aliphatic carbocycles. The van der Waals surface area contributed by atoms with E-state index in [-0.39, 0.29) is 0 Å². The molecule has 0 bridgehead atoms. The molecule has 1 rings (SSSR count). The van der Waals surface area contributed by atoms with Crippen molar-refractivity contribution in [3.8, 4) is 0 Å². The molecule has 0 atom stereocenters. The zero-order valence-electron chi connectivity index (χ0n) is 10.0. The van der Waals surface area contributed by atoms with Crippen molar-refractivity contribution in [3.05, 3.63) is 0 Å². The SMILES string of the molecule is CNCCCN(CCCO)C1CCCC1. The second-order valence-electron chi connectivity index (χ2n) is 4.51. The van der Waals surface area contributed by atoms with Gasteiger partial charge in [-0.3, -0.25) is 0 Å². The maximum absolute atomic E-state index is 8.89. The van der Waals surface area contributed by atoms with Crippen molar-refractivity contribution in [3.63, 3.8) is 0 Å². The van der Waals surface area contributed by atoms with Gasteiger partial charge in [0.1, 0.15) is 0 Å². The maximum atomic E-state index is 8.89. The monoisotopic (exact) mass is 214 g/mol. The molecule has 0 radical (unpaired) electrons. The predicted octanol–water partition coefficient (Wildman–Crippen LogP) is 1.22. The van der Waals surface area contributed by atoms with Crippen LogP contribution in [0.1, 0.15) is 38.5 Å². The second kappa shape index (κ2) is 8.08. The fraction of sp³-hybridized carbons (Fsp3) is 1.00. The van der Waals surface area contributed by atoms with Crippen LogP contribution in [0.3, 0.4) is 0 Å². The quantitative estimate of drug-likeness (QED) is 0.596. The molecule has 1 saturated carbocycles. The highest BCUT2D eigenvalue weighted by molar-refractivity contribution is 4.77. The third-order valence-electron chi connectivity index (χ3n) is 3.32. The highest BCUT2D eigenvalue weighted by Crippen LogP contribution is 2.23. The molecule has 2 N–H and O–H groups in total. The van der Waals surface area contributed by atoms with Crippen molar-refractivity contribution in [1.82, 2.24) is 10.2 Å². The summed E-state index contributed by atoms with van der Waals surface area (Å²) in [6, 6.07) is 0.799. The van der Waals surface area contributed by atoms with Gasteiger partial charge in [0.2, 0.25) is 0 Å². The van der Waals surface area contributed by atoms with E-state index in [1.165, 1.54) is 38.6 Å². The van der Waals surface area contributed by atoms with E-state index in [0.29, 0.717) is 6.61 Å². The Morgan fingerprint density at radius 1 is 1.20 bits per heavy atom. The third kappa shape index (κ3) is 4.96. The summed E-state index contributed by atoms with van der Waals surface area (Å²) >= 11 is 0. The number of hydrogen-bond donors (Lipinski definition) is 2. The topological polar surface area (TPSA) is 35.5 Å². The fourth-order valence-corrected chi connectivity index (χ4v) is 2.48. The zero-order valence-corrected chi connectivity index (χ0v) is 10.0. The Bertz CT molecular complexity index is 147. The molecule has 0 heterocycles. The summed E-state index contributed by atoms with van der Waals surface area (Å²) in [7, 11) is 2.01. The van der Waals surface area contributed by atoms with Crippen molar-refractivity contribution in [2.24, 2.45) is 0 Å². The molecule has 3 heteroatoms. The minimum Gasteiger partial charge on any atom is -0.396 e. The van der Waals surface area contributed by atoms with Gasteiger partial charge < -0.3 is 15.3 Å². The summed E-state index contributed by atoms with van der Waals surface area (Å²) in [5.41, 5.74) is 0. The molecule has 0 unspecified atom stereocenters. The molecular weight excluding hydrogens is 188 g/mol. The standard InChI is InChI=1S/C12H26N2O/c1-13-8-4-9-14(10-5-11-15)12-6-2-3-7-12/h12-13,15H,2-11H2,1H3. The average Bonchev–Trinajstić information content (AvgIpc) is 2.76. The van der Waals surface area contributed by atoms with Crippen LogP contribution in [-0.2, 0) is 0 Å². The zero-order chi connectivity index (χ0) is 10.9. The van der Waals surface area contributed by atoms with Gasteiger partial charge in [-0.25, -0.2) is 0 Å². The molecule has 0 saturated heterocycles. The molecule has 15 heavy (non-hydrogen) atoms. The molecule has 1 fully saturated rings. The minimum absolute atomic E-state index is 0.329. The summed E-state index contributed by atoms with van der Waals surface area (Å²) in [5.74, 6) is 0. The largest absolute Gasteiger partial charge is 0.396 e. The van der Waals surface area contributed by atoms with E-state index in [4.69, 9.17) is 5.11 Å². The summed E-state index contributed by atoms with van der Waals surface area (Å²) in [6.45, 7) is 3.69. The predicted molar refractivity (Wildman–Crippen MR) is 64.1 cm³/mol. The second-order valence-corrected chi connectivity index (χ2v) is 4.51. The smallest absolute Gasteiger partial charge is 0.0443 e. The number of aliphatic hydroxyl groups is 1. The molecule has 0 spiro atoms. The van der Waals surface area contributed by atoms with E-state index in [1.54, 1.807) is 0 Å². The first-order valence-electron chi connectivity index (χ1n) is 6.38. The first-order valence-corrected chi connectivity index (χ1v) is 6.38. The van der Waals surface area contributed by atoms with Gasteiger partial charge >= 0.3 is 0 Å². The van der Waals surface area contributed by atoms with Crippen LogP contribution in [0.4, 0.5) is 0 Å². The summed E-state index contributed by atoms with van der Waals surface area (Å²) in [4.78, 5) is 2.58. The first-order chi connectivity index (χ1) is 7.38. The van der Waals surface area contributed by atoms with E-state index in [1.807, 2.05) is 7.05 Å². The Balaban J connectivity index is 2.23. The third-order valence-corrected chi connectivity index (χ3v) is 3.32. The van der Waals surface area contributed by atoms with Crippen LogP contribution in [-0.4, -0.2) is 49.3 Å². The number of aliphatic hydroxyl groups excluding tert-OH is 1. The highest BCUT2D eigenvalue weighted by atomic mass is 16.3. The lowest BCUT2D eigenvalue weighted by Crippen LogP contribution is -2.36. The highest BCUT2D eigenvalue weighted by Gasteiger charge is 2.21. The number of nitrogens with one attached hydrogen (secondary N) is 1. The van der Waals surface area contributed by atoms with Gasteiger partial charge in [0.25, 0.3) is 0 Å². The molecule has 0 aromatic rings. The Labute approximate surface area is 93.9 Å². The normalized spacial score (nSPS) is 17.8. The van der Waals surface area contributed by atoms with Gasteiger partial charge in [0.15, 0.2) is 0 Å². The van der Waals surface area contributed by atoms with E-state index >= 15 is 0 Å². The maximum Gasteiger partial charge on any atom is 0.0443 e. The van der Waals surface area contributed by atoms with E-state index in [9.17, 15) is 0 Å². The Morgan fingerprint density at radius 3 is 2.47 bits per heavy atom. The van der Waals surface area contributed by atoms with Crippen LogP contribution in [0.2, 0.25) is 0 Å². The number of rotatable bonds is 8. The molecule has 90 valence electrons. The minimum atomic E-state index is 0.329. The van der Waals surface area contributed by atoms with Crippen LogP contribution >= 0.6 is 0 Å². The van der Waals surface area contributed by atoms with Crippen molar-refractivity contribution >= 4 is 0 Å². The van der Waals surface area contributed by atoms with Gasteiger partial charge in [0.05, 0.1) is 0 Å². The van der Waals surface area contributed by atoms with Crippen LogP contribution in [0.5, 0.6) is 0 Å². The number of nitrogens with zero attached hydrogens (tertiary/aromatic N) is 1. The fourth-order valence-electron chi connectivity index (χ4n) is 2.48. The lowest BCUT2D eigenvalue weighted by molar-refractivity contribution is 0.173. The lowest BCUT2D eigenvalue weighted by atomic mass is 10.2. The molecule has 1 aliphatic rings. The molecule has 3 nitrogen and oxygen atoms in total. The van der Waals surface area contributed by atoms with E-state index < -0.39 is 0 Å². The molecule has 0 aromatic heterocycles. The van der Waals surface area contributed by atoms with Crippen LogP contribution in [0.15, 0.2) is 0 Å². The van der Waals surface area contributed by atoms with Crippen LogP contribution in [0.25, 0.3) is 0 Å². The Hall–Kier alpha value is -0.120. The Kier molecular flexibility index (Phi) is 6.98. The van der Waals surface area contributed by atoms with Crippen molar-refractivity contribution in [2.45, 2.75) is 44.6 Å². The first kappa shape index (κ1) is 12.9. The number of hydrogen-bond acceptors (Lipinski definition) is 3.